The van der Waals surface area contributed by atoms with Gasteiger partial charge in [-0.15, -0.1) is 0 Å². The van der Waals surface area contributed by atoms with Crippen LogP contribution in [0.2, 0.25) is 0 Å². The Hall–Kier alpha value is -0.760. The van der Waals surface area contributed by atoms with Gasteiger partial charge in [-0.05, 0) is 74.3 Å². The summed E-state index contributed by atoms with van der Waals surface area (Å²) in [6.07, 6.45) is 12.0. The van der Waals surface area contributed by atoms with Crippen molar-refractivity contribution in [2.75, 3.05) is 0 Å². The second-order valence-electron chi connectivity index (χ2n) is 8.84. The van der Waals surface area contributed by atoms with Crippen molar-refractivity contribution in [3.05, 3.63) is 24.2 Å². The molecule has 0 N–H and O–H groups in total. The van der Waals surface area contributed by atoms with Gasteiger partial charge in [0.1, 0.15) is 0 Å². The number of furan rings is 1. The Balaban J connectivity index is 1.61. The molecule has 1 aromatic rings. The molecule has 3 fully saturated rings. The zero-order chi connectivity index (χ0) is 15.6. The van der Waals surface area contributed by atoms with Crippen molar-refractivity contribution in [1.29, 1.82) is 0 Å². The second-order valence-corrected chi connectivity index (χ2v) is 8.84. The van der Waals surface area contributed by atoms with Crippen molar-refractivity contribution < 1.29 is 9.15 Å². The van der Waals surface area contributed by atoms with Crippen molar-refractivity contribution in [3.63, 3.8) is 0 Å². The third-order valence-corrected chi connectivity index (χ3v) is 8.12. The van der Waals surface area contributed by atoms with Crippen LogP contribution in [0.25, 0.3) is 0 Å². The monoisotopic (exact) mass is 302 g/mol. The Bertz CT molecular complexity index is 550. The Morgan fingerprint density at radius 3 is 2.73 bits per heavy atom. The number of fused-ring (bicyclic) bond motifs is 3. The summed E-state index contributed by atoms with van der Waals surface area (Å²) in [5.41, 5.74) is 2.30. The minimum Gasteiger partial charge on any atom is -0.472 e. The SMILES string of the molecule is C[C@H]1CC[C@@]2(C)[C@@H](CC[C@@H]3O[C@@]32C)[C@]1(C)CCc1ccoc1. The van der Waals surface area contributed by atoms with Crippen LogP contribution in [0.5, 0.6) is 0 Å². The molecule has 1 aliphatic heterocycles. The lowest BCUT2D eigenvalue weighted by Crippen LogP contribution is -2.56. The van der Waals surface area contributed by atoms with Gasteiger partial charge in [-0.3, -0.25) is 0 Å². The molecule has 2 nitrogen and oxygen atoms in total. The minimum atomic E-state index is 0.160. The lowest BCUT2D eigenvalue weighted by molar-refractivity contribution is -0.102. The highest BCUT2D eigenvalue weighted by Crippen LogP contribution is 2.70. The van der Waals surface area contributed by atoms with Crippen LogP contribution in [0, 0.1) is 22.7 Å². The van der Waals surface area contributed by atoms with Crippen LogP contribution in [-0.2, 0) is 11.2 Å². The molecule has 2 aliphatic carbocycles. The van der Waals surface area contributed by atoms with Crippen LogP contribution in [0.15, 0.2) is 23.0 Å². The summed E-state index contributed by atoms with van der Waals surface area (Å²) >= 11 is 0. The summed E-state index contributed by atoms with van der Waals surface area (Å²) in [6.45, 7) is 9.96. The molecule has 0 radical (unpaired) electrons. The highest BCUT2D eigenvalue weighted by molar-refractivity contribution is 5.20. The van der Waals surface area contributed by atoms with E-state index in [1.54, 1.807) is 6.26 Å². The highest BCUT2D eigenvalue weighted by atomic mass is 16.6. The smallest absolute Gasteiger partial charge is 0.0976 e. The van der Waals surface area contributed by atoms with Gasteiger partial charge in [-0.2, -0.15) is 0 Å². The first-order valence-electron chi connectivity index (χ1n) is 9.09. The maximum absolute atomic E-state index is 6.20. The summed E-state index contributed by atoms with van der Waals surface area (Å²) in [7, 11) is 0. The second kappa shape index (κ2) is 4.63. The quantitative estimate of drug-likeness (QED) is 0.715. The molecule has 0 bridgehead atoms. The maximum atomic E-state index is 6.20. The number of aryl methyl sites for hydroxylation is 1. The summed E-state index contributed by atoms with van der Waals surface area (Å²) in [6, 6.07) is 2.12. The topological polar surface area (TPSA) is 25.7 Å². The van der Waals surface area contributed by atoms with Crippen molar-refractivity contribution >= 4 is 0 Å². The number of hydrogen-bond donors (Lipinski definition) is 0. The summed E-state index contributed by atoms with van der Waals surface area (Å²) in [4.78, 5) is 0. The molecular weight excluding hydrogens is 272 g/mol. The third kappa shape index (κ3) is 1.82. The van der Waals surface area contributed by atoms with Crippen LogP contribution in [0.3, 0.4) is 0 Å². The minimum absolute atomic E-state index is 0.160. The molecule has 3 aliphatic rings. The zero-order valence-corrected chi connectivity index (χ0v) is 14.5. The van der Waals surface area contributed by atoms with Crippen LogP contribution in [-0.4, -0.2) is 11.7 Å². The molecule has 2 heteroatoms. The van der Waals surface area contributed by atoms with Crippen molar-refractivity contribution in [1.82, 2.24) is 0 Å². The van der Waals surface area contributed by atoms with Gasteiger partial charge in [0.25, 0.3) is 0 Å². The molecule has 0 unspecified atom stereocenters. The van der Waals surface area contributed by atoms with E-state index in [9.17, 15) is 0 Å². The van der Waals surface area contributed by atoms with Gasteiger partial charge in [0.2, 0.25) is 0 Å². The molecular formula is C20H30O2. The molecule has 2 heterocycles. The van der Waals surface area contributed by atoms with E-state index in [0.29, 0.717) is 16.9 Å². The maximum Gasteiger partial charge on any atom is 0.0976 e. The van der Waals surface area contributed by atoms with E-state index in [-0.39, 0.29) is 5.60 Å². The van der Waals surface area contributed by atoms with Crippen LogP contribution in [0.1, 0.15) is 65.4 Å². The number of epoxide rings is 1. The summed E-state index contributed by atoms with van der Waals surface area (Å²) < 4.78 is 11.5. The fourth-order valence-electron chi connectivity index (χ4n) is 6.02. The van der Waals surface area contributed by atoms with E-state index < -0.39 is 0 Å². The number of hydrogen-bond acceptors (Lipinski definition) is 2. The average molecular weight is 302 g/mol. The van der Waals surface area contributed by atoms with Gasteiger partial charge >= 0.3 is 0 Å². The standard InChI is InChI=1S/C20H30O2/c1-14-7-11-19(3)16(5-6-17-20(19,4)22-17)18(14,2)10-8-15-9-12-21-13-15/h9,12-14,16-17H,5-8,10-11H2,1-4H3/t14-,16-,17-,18+,19-,20-/m0/s1. The van der Waals surface area contributed by atoms with E-state index in [4.69, 9.17) is 9.15 Å². The fraction of sp³-hybridized carbons (Fsp3) is 0.800. The number of ether oxygens (including phenoxy) is 1. The lowest BCUT2D eigenvalue weighted by atomic mass is 9.44. The molecule has 6 atom stereocenters. The molecule has 0 spiro atoms. The van der Waals surface area contributed by atoms with Gasteiger partial charge in [0.15, 0.2) is 0 Å². The first-order chi connectivity index (χ1) is 10.4. The van der Waals surface area contributed by atoms with E-state index in [0.717, 1.165) is 18.3 Å². The molecule has 122 valence electrons. The molecule has 4 rings (SSSR count). The van der Waals surface area contributed by atoms with E-state index in [1.807, 2.05) is 6.26 Å². The van der Waals surface area contributed by atoms with Gasteiger partial charge in [0.05, 0.1) is 24.2 Å². The lowest BCUT2D eigenvalue weighted by Gasteiger charge is -2.59. The van der Waals surface area contributed by atoms with E-state index >= 15 is 0 Å². The highest BCUT2D eigenvalue weighted by Gasteiger charge is 2.71. The van der Waals surface area contributed by atoms with Gasteiger partial charge in [-0.1, -0.05) is 20.8 Å². The molecule has 0 amide bonds. The first kappa shape index (κ1) is 14.8. The van der Waals surface area contributed by atoms with Gasteiger partial charge < -0.3 is 9.15 Å². The third-order valence-electron chi connectivity index (χ3n) is 8.12. The Kier molecular flexibility index (Phi) is 3.11. The van der Waals surface area contributed by atoms with Gasteiger partial charge in [0, 0.05) is 5.41 Å². The van der Waals surface area contributed by atoms with E-state index in [2.05, 4.69) is 33.8 Å². The van der Waals surface area contributed by atoms with Crippen LogP contribution < -0.4 is 0 Å². The van der Waals surface area contributed by atoms with E-state index in [1.165, 1.54) is 37.7 Å². The molecule has 2 saturated carbocycles. The predicted molar refractivity (Wildman–Crippen MR) is 87.6 cm³/mol. The average Bonchev–Trinajstić information content (AvgIpc) is 2.95. The molecule has 1 aromatic heterocycles. The van der Waals surface area contributed by atoms with Gasteiger partial charge in [-0.25, -0.2) is 0 Å². The fourth-order valence-corrected chi connectivity index (χ4v) is 6.02. The molecule has 1 saturated heterocycles. The normalized spacial score (nSPS) is 50.3. The summed E-state index contributed by atoms with van der Waals surface area (Å²) in [5.74, 6) is 1.59. The van der Waals surface area contributed by atoms with Crippen LogP contribution >= 0.6 is 0 Å². The Labute approximate surface area is 134 Å². The van der Waals surface area contributed by atoms with Crippen LogP contribution in [0.4, 0.5) is 0 Å². The van der Waals surface area contributed by atoms with Crippen molar-refractivity contribution in [2.24, 2.45) is 22.7 Å². The molecule has 22 heavy (non-hydrogen) atoms. The Morgan fingerprint density at radius 1 is 1.18 bits per heavy atom. The number of rotatable bonds is 3. The largest absolute Gasteiger partial charge is 0.472 e. The zero-order valence-electron chi connectivity index (χ0n) is 14.5. The predicted octanol–water partition coefficient (Wildman–Crippen LogP) is 5.22. The van der Waals surface area contributed by atoms with Crippen molar-refractivity contribution in [2.45, 2.75) is 77.9 Å². The molecule has 0 aromatic carbocycles. The van der Waals surface area contributed by atoms with Crippen molar-refractivity contribution in [3.8, 4) is 0 Å². The Morgan fingerprint density at radius 2 is 2.00 bits per heavy atom. The first-order valence-corrected chi connectivity index (χ1v) is 9.09. The summed E-state index contributed by atoms with van der Waals surface area (Å²) in [5, 5.41) is 0.